The molecule has 0 atom stereocenters. The highest BCUT2D eigenvalue weighted by Crippen LogP contribution is 2.33. The van der Waals surface area contributed by atoms with Gasteiger partial charge in [0.2, 0.25) is 0 Å². The SMILES string of the molecule is CC(C)(Cc1cccc(C(=C2CCNCC2)c2ccccc2)c1)c1ccc(C(=O)CCCCl)cc1. The molecule has 1 fully saturated rings. The molecule has 2 nitrogen and oxygen atoms in total. The van der Waals surface area contributed by atoms with E-state index in [4.69, 9.17) is 11.6 Å². The van der Waals surface area contributed by atoms with Gasteiger partial charge in [0.25, 0.3) is 0 Å². The van der Waals surface area contributed by atoms with Crippen LogP contribution >= 0.6 is 11.6 Å². The highest BCUT2D eigenvalue weighted by Gasteiger charge is 2.22. The van der Waals surface area contributed by atoms with E-state index < -0.39 is 0 Å². The summed E-state index contributed by atoms with van der Waals surface area (Å²) in [6.07, 6.45) is 4.35. The van der Waals surface area contributed by atoms with Crippen LogP contribution in [0.4, 0.5) is 0 Å². The zero-order valence-corrected chi connectivity index (χ0v) is 21.7. The Hall–Kier alpha value is -2.68. The van der Waals surface area contributed by atoms with E-state index >= 15 is 0 Å². The number of rotatable bonds is 9. The number of piperidine rings is 1. The highest BCUT2D eigenvalue weighted by molar-refractivity contribution is 6.18. The van der Waals surface area contributed by atoms with Crippen molar-refractivity contribution < 1.29 is 4.79 Å². The maximum absolute atomic E-state index is 12.3. The van der Waals surface area contributed by atoms with Crippen molar-refractivity contribution in [3.63, 3.8) is 0 Å². The zero-order valence-electron chi connectivity index (χ0n) is 20.9. The van der Waals surface area contributed by atoms with E-state index in [-0.39, 0.29) is 11.2 Å². The summed E-state index contributed by atoms with van der Waals surface area (Å²) in [7, 11) is 0. The van der Waals surface area contributed by atoms with Crippen LogP contribution in [0.1, 0.15) is 72.1 Å². The van der Waals surface area contributed by atoms with Crippen LogP contribution in [0.2, 0.25) is 0 Å². The van der Waals surface area contributed by atoms with Crippen molar-refractivity contribution in [3.8, 4) is 0 Å². The van der Waals surface area contributed by atoms with Crippen LogP contribution in [0.5, 0.6) is 0 Å². The van der Waals surface area contributed by atoms with Crippen molar-refractivity contribution >= 4 is 23.0 Å². The first-order valence-electron chi connectivity index (χ1n) is 12.7. The van der Waals surface area contributed by atoms with Crippen molar-refractivity contribution in [2.24, 2.45) is 0 Å². The zero-order chi connectivity index (χ0) is 24.7. The monoisotopic (exact) mass is 485 g/mol. The Labute approximate surface area is 215 Å². The molecule has 0 bridgehead atoms. The van der Waals surface area contributed by atoms with Crippen LogP contribution in [0.25, 0.3) is 5.57 Å². The Bertz CT molecular complexity index is 1150. The lowest BCUT2D eigenvalue weighted by Crippen LogP contribution is -2.24. The number of carbonyl (C=O) groups is 1. The fraction of sp³-hybridized carbons (Fsp3) is 0.344. The number of nitrogens with one attached hydrogen (secondary N) is 1. The second-order valence-corrected chi connectivity index (χ2v) is 10.5. The molecule has 0 radical (unpaired) electrons. The van der Waals surface area contributed by atoms with Gasteiger partial charge in [-0.2, -0.15) is 0 Å². The first-order chi connectivity index (χ1) is 17.0. The summed E-state index contributed by atoms with van der Waals surface area (Å²) in [5.41, 5.74) is 8.85. The predicted octanol–water partition coefficient (Wildman–Crippen LogP) is 7.59. The van der Waals surface area contributed by atoms with Crippen LogP contribution in [0.3, 0.4) is 0 Å². The topological polar surface area (TPSA) is 29.1 Å². The Morgan fingerprint density at radius 3 is 2.23 bits per heavy atom. The second-order valence-electron chi connectivity index (χ2n) is 10.1. The summed E-state index contributed by atoms with van der Waals surface area (Å²) in [5.74, 6) is 0.692. The average molecular weight is 486 g/mol. The van der Waals surface area contributed by atoms with Gasteiger partial charge in [-0.3, -0.25) is 4.79 Å². The number of carbonyl (C=O) groups excluding carboxylic acids is 1. The summed E-state index contributed by atoms with van der Waals surface area (Å²) >= 11 is 5.75. The van der Waals surface area contributed by atoms with Gasteiger partial charge in [-0.25, -0.2) is 0 Å². The number of benzene rings is 3. The minimum Gasteiger partial charge on any atom is -0.316 e. The van der Waals surface area contributed by atoms with Crippen LogP contribution in [-0.2, 0) is 11.8 Å². The molecule has 4 rings (SSSR count). The van der Waals surface area contributed by atoms with E-state index in [0.29, 0.717) is 12.3 Å². The predicted molar refractivity (Wildman–Crippen MR) is 148 cm³/mol. The maximum Gasteiger partial charge on any atom is 0.162 e. The Kier molecular flexibility index (Phi) is 8.59. The molecule has 1 heterocycles. The lowest BCUT2D eigenvalue weighted by atomic mass is 9.78. The lowest BCUT2D eigenvalue weighted by molar-refractivity contribution is 0.0982. The molecule has 0 aromatic heterocycles. The van der Waals surface area contributed by atoms with Gasteiger partial charge in [0.05, 0.1) is 0 Å². The van der Waals surface area contributed by atoms with Gasteiger partial charge in [-0.1, -0.05) is 98.3 Å². The molecule has 182 valence electrons. The van der Waals surface area contributed by atoms with Crippen molar-refractivity contribution in [2.45, 2.75) is 51.4 Å². The van der Waals surface area contributed by atoms with Crippen LogP contribution < -0.4 is 5.32 Å². The van der Waals surface area contributed by atoms with E-state index in [1.807, 2.05) is 12.1 Å². The van der Waals surface area contributed by atoms with Gasteiger partial charge < -0.3 is 5.32 Å². The third kappa shape index (κ3) is 6.51. The number of Topliss-reactive ketones (excluding diaryl/α,β-unsaturated/α-hetero) is 1. The molecule has 3 aromatic rings. The third-order valence-corrected chi connectivity index (χ3v) is 7.28. The van der Waals surface area contributed by atoms with E-state index in [9.17, 15) is 4.79 Å². The molecule has 35 heavy (non-hydrogen) atoms. The average Bonchev–Trinajstić information content (AvgIpc) is 2.89. The van der Waals surface area contributed by atoms with Crippen LogP contribution in [0, 0.1) is 0 Å². The molecule has 0 unspecified atom stereocenters. The molecule has 0 aliphatic carbocycles. The fourth-order valence-electron chi connectivity index (χ4n) is 5.09. The molecule has 0 saturated carbocycles. The molecule has 0 spiro atoms. The van der Waals surface area contributed by atoms with E-state index in [0.717, 1.165) is 44.3 Å². The minimum atomic E-state index is -0.0504. The lowest BCUT2D eigenvalue weighted by Gasteiger charge is -2.26. The Balaban J connectivity index is 1.59. The van der Waals surface area contributed by atoms with Gasteiger partial charge >= 0.3 is 0 Å². The van der Waals surface area contributed by atoms with Gasteiger partial charge in [0.1, 0.15) is 0 Å². The summed E-state index contributed by atoms with van der Waals surface area (Å²) in [6.45, 7) is 6.66. The van der Waals surface area contributed by atoms with Gasteiger partial charge in [-0.15, -0.1) is 11.6 Å². The maximum atomic E-state index is 12.3. The van der Waals surface area contributed by atoms with Crippen LogP contribution in [-0.4, -0.2) is 24.8 Å². The number of alkyl halides is 1. The standard InChI is InChI=1S/C32H36ClNO/c1-32(2,29-15-13-25(14-16-29)30(35)12-7-19-33)23-24-8-6-11-28(22-24)31(26-9-4-3-5-10-26)27-17-20-34-21-18-27/h3-6,8-11,13-16,22,34H,7,12,17-21,23H2,1-2H3. The van der Waals surface area contributed by atoms with Crippen molar-refractivity contribution in [1.82, 2.24) is 5.32 Å². The minimum absolute atomic E-state index is 0.0504. The molecular formula is C32H36ClNO. The molecule has 1 N–H and O–H groups in total. The quantitative estimate of drug-likeness (QED) is 0.250. The third-order valence-electron chi connectivity index (χ3n) is 7.01. The normalized spacial score (nSPS) is 14.1. The summed E-state index contributed by atoms with van der Waals surface area (Å²) < 4.78 is 0. The molecule has 0 amide bonds. The molecule has 3 heteroatoms. The number of hydrogen-bond donors (Lipinski definition) is 1. The first-order valence-corrected chi connectivity index (χ1v) is 13.3. The van der Waals surface area contributed by atoms with E-state index in [1.54, 1.807) is 5.57 Å². The van der Waals surface area contributed by atoms with Crippen molar-refractivity contribution in [2.75, 3.05) is 19.0 Å². The molecular weight excluding hydrogens is 450 g/mol. The Morgan fingerprint density at radius 1 is 0.857 bits per heavy atom. The summed E-state index contributed by atoms with van der Waals surface area (Å²) in [4.78, 5) is 12.3. The van der Waals surface area contributed by atoms with Gasteiger partial charge in [-0.05, 0) is 72.0 Å². The van der Waals surface area contributed by atoms with E-state index in [2.05, 4.69) is 85.9 Å². The largest absolute Gasteiger partial charge is 0.316 e. The molecule has 1 aliphatic heterocycles. The summed E-state index contributed by atoms with van der Waals surface area (Å²) in [5, 5.41) is 3.49. The molecule has 1 saturated heterocycles. The van der Waals surface area contributed by atoms with Crippen molar-refractivity contribution in [3.05, 3.63) is 112 Å². The fourth-order valence-corrected chi connectivity index (χ4v) is 5.22. The molecule has 3 aromatic carbocycles. The summed E-state index contributed by atoms with van der Waals surface area (Å²) in [6, 6.07) is 28.1. The highest BCUT2D eigenvalue weighted by atomic mass is 35.5. The second kappa shape index (κ2) is 11.8. The van der Waals surface area contributed by atoms with Gasteiger partial charge in [0, 0.05) is 17.9 Å². The number of hydrogen-bond acceptors (Lipinski definition) is 2. The van der Waals surface area contributed by atoms with Crippen LogP contribution in [0.15, 0.2) is 84.4 Å². The molecule has 1 aliphatic rings. The van der Waals surface area contributed by atoms with Crippen molar-refractivity contribution in [1.29, 1.82) is 0 Å². The first kappa shape index (κ1) is 25.4. The smallest absolute Gasteiger partial charge is 0.162 e. The number of ketones is 1. The van der Waals surface area contributed by atoms with E-state index in [1.165, 1.54) is 27.8 Å². The number of halogens is 1. The Morgan fingerprint density at radius 2 is 1.54 bits per heavy atom. The van der Waals surface area contributed by atoms with Gasteiger partial charge in [0.15, 0.2) is 5.78 Å².